The van der Waals surface area contributed by atoms with Gasteiger partial charge in [-0.3, -0.25) is 9.78 Å². The number of carboxylic acid groups (broad SMARTS) is 1. The van der Waals surface area contributed by atoms with E-state index in [1.54, 1.807) is 6.07 Å². The van der Waals surface area contributed by atoms with Gasteiger partial charge in [0.2, 0.25) is 0 Å². The monoisotopic (exact) mass is 181 g/mol. The minimum atomic E-state index is -0.846. The number of aromatic nitrogens is 1. The standard InChI is InChI=1S/C9H8FNO2/c10-8-4-11-2-1-5(8)6-3-7(6)9(12)13/h1-2,4,6-7H,3H2,(H,12,13)/t6-,7+/m0/s1. The van der Waals surface area contributed by atoms with Crippen LogP contribution < -0.4 is 0 Å². The van der Waals surface area contributed by atoms with Gasteiger partial charge in [0.1, 0.15) is 5.82 Å². The molecule has 0 saturated heterocycles. The third-order valence-electron chi connectivity index (χ3n) is 2.31. The molecule has 0 radical (unpaired) electrons. The summed E-state index contributed by atoms with van der Waals surface area (Å²) in [6.07, 6.45) is 3.14. The molecule has 13 heavy (non-hydrogen) atoms. The zero-order chi connectivity index (χ0) is 9.42. The summed E-state index contributed by atoms with van der Waals surface area (Å²) in [5, 5.41) is 8.64. The molecule has 0 bridgehead atoms. The lowest BCUT2D eigenvalue weighted by atomic mass is 10.1. The summed E-state index contributed by atoms with van der Waals surface area (Å²) in [4.78, 5) is 14.1. The van der Waals surface area contributed by atoms with Gasteiger partial charge in [0.25, 0.3) is 0 Å². The zero-order valence-corrected chi connectivity index (χ0v) is 6.77. The number of pyridine rings is 1. The molecule has 68 valence electrons. The van der Waals surface area contributed by atoms with Crippen molar-refractivity contribution in [1.82, 2.24) is 4.98 Å². The van der Waals surface area contributed by atoms with Crippen LogP contribution in [-0.4, -0.2) is 16.1 Å². The van der Waals surface area contributed by atoms with Crippen LogP contribution >= 0.6 is 0 Å². The smallest absolute Gasteiger partial charge is 0.307 e. The van der Waals surface area contributed by atoms with Gasteiger partial charge in [0, 0.05) is 12.1 Å². The maximum absolute atomic E-state index is 13.1. The molecule has 1 saturated carbocycles. The predicted octanol–water partition coefficient (Wildman–Crippen LogP) is 1.41. The molecule has 4 heteroatoms. The molecule has 1 N–H and O–H groups in total. The summed E-state index contributed by atoms with van der Waals surface area (Å²) in [6.45, 7) is 0. The van der Waals surface area contributed by atoms with Crippen LogP contribution in [0.4, 0.5) is 4.39 Å². The molecule has 1 fully saturated rings. The molecule has 1 aliphatic carbocycles. The molecule has 1 aromatic heterocycles. The number of hydrogen-bond acceptors (Lipinski definition) is 2. The molecule has 1 aromatic rings. The second-order valence-electron chi connectivity index (χ2n) is 3.18. The van der Waals surface area contributed by atoms with Crippen LogP contribution in [0, 0.1) is 11.7 Å². The van der Waals surface area contributed by atoms with Crippen LogP contribution in [0.5, 0.6) is 0 Å². The highest BCUT2D eigenvalue weighted by atomic mass is 19.1. The predicted molar refractivity (Wildman–Crippen MR) is 42.7 cm³/mol. The Kier molecular flexibility index (Phi) is 1.76. The van der Waals surface area contributed by atoms with Gasteiger partial charge in [-0.25, -0.2) is 4.39 Å². The third-order valence-corrected chi connectivity index (χ3v) is 2.31. The fourth-order valence-electron chi connectivity index (χ4n) is 1.50. The molecular formula is C9H8FNO2. The molecule has 1 heterocycles. The van der Waals surface area contributed by atoms with E-state index in [0.717, 1.165) is 6.20 Å². The Balaban J connectivity index is 2.21. The lowest BCUT2D eigenvalue weighted by Gasteiger charge is -1.98. The molecule has 2 rings (SSSR count). The van der Waals surface area contributed by atoms with Gasteiger partial charge in [-0.05, 0) is 18.1 Å². The number of nitrogens with zero attached hydrogens (tertiary/aromatic N) is 1. The molecule has 3 nitrogen and oxygen atoms in total. The summed E-state index contributed by atoms with van der Waals surface area (Å²) < 4.78 is 13.1. The summed E-state index contributed by atoms with van der Waals surface area (Å²) in [5.41, 5.74) is 0.474. The average Bonchev–Trinajstić information content (AvgIpc) is 2.84. The van der Waals surface area contributed by atoms with Crippen LogP contribution in [0.3, 0.4) is 0 Å². The number of aliphatic carboxylic acids is 1. The van der Waals surface area contributed by atoms with Gasteiger partial charge >= 0.3 is 5.97 Å². The lowest BCUT2D eigenvalue weighted by molar-refractivity contribution is -0.138. The van der Waals surface area contributed by atoms with E-state index in [4.69, 9.17) is 5.11 Å². The SMILES string of the molecule is O=C(O)[C@@H]1C[C@H]1c1ccncc1F. The van der Waals surface area contributed by atoms with Gasteiger partial charge in [-0.2, -0.15) is 0 Å². The summed E-state index contributed by atoms with van der Waals surface area (Å²) in [5.74, 6) is -1.81. The van der Waals surface area contributed by atoms with Crippen LogP contribution in [0.1, 0.15) is 17.9 Å². The van der Waals surface area contributed by atoms with Crippen LogP contribution in [-0.2, 0) is 4.79 Å². The topological polar surface area (TPSA) is 50.2 Å². The van der Waals surface area contributed by atoms with Gasteiger partial charge in [0.15, 0.2) is 0 Å². The number of carbonyl (C=O) groups is 1. The van der Waals surface area contributed by atoms with Crippen molar-refractivity contribution in [3.63, 3.8) is 0 Å². The number of rotatable bonds is 2. The Morgan fingerprint density at radius 3 is 3.00 bits per heavy atom. The quantitative estimate of drug-likeness (QED) is 0.750. The van der Waals surface area contributed by atoms with E-state index in [0.29, 0.717) is 12.0 Å². The highest BCUT2D eigenvalue weighted by Crippen LogP contribution is 2.48. The summed E-state index contributed by atoms with van der Waals surface area (Å²) in [6, 6.07) is 1.54. The molecule has 2 atom stereocenters. The minimum Gasteiger partial charge on any atom is -0.481 e. The second-order valence-corrected chi connectivity index (χ2v) is 3.18. The maximum Gasteiger partial charge on any atom is 0.307 e. The van der Waals surface area contributed by atoms with Gasteiger partial charge in [-0.1, -0.05) is 0 Å². The lowest BCUT2D eigenvalue weighted by Crippen LogP contribution is -2.00. The first-order valence-corrected chi connectivity index (χ1v) is 4.02. The average molecular weight is 181 g/mol. The minimum absolute atomic E-state index is 0.152. The van der Waals surface area contributed by atoms with Gasteiger partial charge < -0.3 is 5.11 Å². The zero-order valence-electron chi connectivity index (χ0n) is 6.77. The fraction of sp³-hybridized carbons (Fsp3) is 0.333. The van der Waals surface area contributed by atoms with Crippen molar-refractivity contribution in [1.29, 1.82) is 0 Å². The second kappa shape index (κ2) is 2.80. The van der Waals surface area contributed by atoms with Crippen LogP contribution in [0.15, 0.2) is 18.5 Å². The van der Waals surface area contributed by atoms with Gasteiger partial charge in [-0.15, -0.1) is 0 Å². The van der Waals surface area contributed by atoms with Crippen molar-refractivity contribution in [2.75, 3.05) is 0 Å². The normalized spacial score (nSPS) is 25.6. The Hall–Kier alpha value is -1.45. The molecule has 0 spiro atoms. The number of hydrogen-bond donors (Lipinski definition) is 1. The molecule has 0 amide bonds. The first kappa shape index (κ1) is 8.16. The van der Waals surface area contributed by atoms with Crippen molar-refractivity contribution in [2.24, 2.45) is 5.92 Å². The van der Waals surface area contributed by atoms with Crippen molar-refractivity contribution < 1.29 is 14.3 Å². The molecule has 0 unspecified atom stereocenters. The maximum atomic E-state index is 13.1. The van der Waals surface area contributed by atoms with Crippen molar-refractivity contribution in [3.8, 4) is 0 Å². The Labute approximate surface area is 74.2 Å². The summed E-state index contributed by atoms with van der Waals surface area (Å²) >= 11 is 0. The van der Waals surface area contributed by atoms with Crippen molar-refractivity contribution in [3.05, 3.63) is 29.8 Å². The molecular weight excluding hydrogens is 173 g/mol. The highest BCUT2D eigenvalue weighted by Gasteiger charge is 2.45. The van der Waals surface area contributed by atoms with E-state index in [-0.39, 0.29) is 5.92 Å². The Morgan fingerprint density at radius 2 is 2.46 bits per heavy atom. The summed E-state index contributed by atoms with van der Waals surface area (Å²) in [7, 11) is 0. The molecule has 0 aromatic carbocycles. The molecule has 1 aliphatic rings. The van der Waals surface area contributed by atoms with E-state index < -0.39 is 17.7 Å². The first-order valence-electron chi connectivity index (χ1n) is 4.02. The van der Waals surface area contributed by atoms with E-state index >= 15 is 0 Å². The fourth-order valence-corrected chi connectivity index (χ4v) is 1.50. The number of carboxylic acids is 1. The highest BCUT2D eigenvalue weighted by molar-refractivity contribution is 5.75. The first-order chi connectivity index (χ1) is 6.20. The van der Waals surface area contributed by atoms with E-state index in [9.17, 15) is 9.18 Å². The third kappa shape index (κ3) is 1.39. The van der Waals surface area contributed by atoms with E-state index in [1.165, 1.54) is 6.20 Å². The van der Waals surface area contributed by atoms with Crippen LogP contribution in [0.25, 0.3) is 0 Å². The molecule has 0 aliphatic heterocycles. The van der Waals surface area contributed by atoms with E-state index in [2.05, 4.69) is 4.98 Å². The van der Waals surface area contributed by atoms with Crippen LogP contribution in [0.2, 0.25) is 0 Å². The van der Waals surface area contributed by atoms with E-state index in [1.807, 2.05) is 0 Å². The largest absolute Gasteiger partial charge is 0.481 e. The van der Waals surface area contributed by atoms with Gasteiger partial charge in [0.05, 0.1) is 12.1 Å². The van der Waals surface area contributed by atoms with Crippen molar-refractivity contribution in [2.45, 2.75) is 12.3 Å². The number of halogens is 1. The van der Waals surface area contributed by atoms with Crippen molar-refractivity contribution >= 4 is 5.97 Å². The Morgan fingerprint density at radius 1 is 1.69 bits per heavy atom. The Bertz CT molecular complexity index is 353.